The first kappa shape index (κ1) is 11.5. The Bertz CT molecular complexity index is 170. The zero-order valence-electron chi connectivity index (χ0n) is 7.08. The Morgan fingerprint density at radius 1 is 1.75 bits per heavy atom. The van der Waals surface area contributed by atoms with Crippen molar-refractivity contribution >= 4 is 18.4 Å². The van der Waals surface area contributed by atoms with Crippen LogP contribution in [0.5, 0.6) is 0 Å². The molecule has 1 unspecified atom stereocenters. The molecule has 0 spiro atoms. The molecule has 0 bridgehead atoms. The van der Waals surface area contributed by atoms with Gasteiger partial charge in [0.15, 0.2) is 0 Å². The zero-order chi connectivity index (χ0) is 8.10. The van der Waals surface area contributed by atoms with Crippen molar-refractivity contribution in [3.63, 3.8) is 0 Å². The van der Waals surface area contributed by atoms with E-state index >= 15 is 0 Å². The average molecular weight is 192 g/mol. The standard InChI is InChI=1S/C8H13NO2.ClH/c1-2-11-8(10)7-4-3-5-9-6-7;/h3-4,7,9H,2,5-6H2,1H3;1H. The van der Waals surface area contributed by atoms with Crippen molar-refractivity contribution in [3.05, 3.63) is 12.2 Å². The van der Waals surface area contributed by atoms with Crippen LogP contribution in [-0.4, -0.2) is 25.7 Å². The van der Waals surface area contributed by atoms with Gasteiger partial charge in [0.25, 0.3) is 0 Å². The van der Waals surface area contributed by atoms with Crippen molar-refractivity contribution < 1.29 is 9.53 Å². The molecule has 0 radical (unpaired) electrons. The lowest BCUT2D eigenvalue weighted by molar-refractivity contribution is -0.146. The molecule has 0 aromatic rings. The summed E-state index contributed by atoms with van der Waals surface area (Å²) in [5.74, 6) is -0.209. The van der Waals surface area contributed by atoms with Crippen molar-refractivity contribution in [1.82, 2.24) is 5.32 Å². The summed E-state index contributed by atoms with van der Waals surface area (Å²) >= 11 is 0. The highest BCUT2D eigenvalue weighted by atomic mass is 35.5. The highest BCUT2D eigenvalue weighted by Gasteiger charge is 2.17. The van der Waals surface area contributed by atoms with Crippen LogP contribution in [0, 0.1) is 5.92 Å². The van der Waals surface area contributed by atoms with Crippen molar-refractivity contribution in [2.75, 3.05) is 19.7 Å². The minimum atomic E-state index is -0.129. The Kier molecular flexibility index (Phi) is 5.76. The molecule has 0 amide bonds. The molecule has 0 aliphatic carbocycles. The highest BCUT2D eigenvalue weighted by Crippen LogP contribution is 2.03. The second kappa shape index (κ2) is 6.03. The SMILES string of the molecule is CCOC(=O)C1C=CCNC1.Cl. The smallest absolute Gasteiger partial charge is 0.314 e. The topological polar surface area (TPSA) is 38.3 Å². The first-order valence-electron chi connectivity index (χ1n) is 3.88. The fourth-order valence-corrected chi connectivity index (χ4v) is 1.03. The number of halogens is 1. The van der Waals surface area contributed by atoms with Gasteiger partial charge in [0.1, 0.15) is 0 Å². The van der Waals surface area contributed by atoms with Gasteiger partial charge in [-0.25, -0.2) is 0 Å². The lowest BCUT2D eigenvalue weighted by Crippen LogP contribution is -2.32. The summed E-state index contributed by atoms with van der Waals surface area (Å²) in [4.78, 5) is 11.1. The summed E-state index contributed by atoms with van der Waals surface area (Å²) in [5, 5.41) is 3.09. The van der Waals surface area contributed by atoms with Gasteiger partial charge in [-0.1, -0.05) is 12.2 Å². The van der Waals surface area contributed by atoms with Gasteiger partial charge in [0, 0.05) is 13.1 Å². The number of rotatable bonds is 2. The summed E-state index contributed by atoms with van der Waals surface area (Å²) < 4.78 is 4.85. The Morgan fingerprint density at radius 3 is 3.00 bits per heavy atom. The molecule has 0 fully saturated rings. The molecule has 0 aromatic heterocycles. The molecule has 1 atom stereocenters. The van der Waals surface area contributed by atoms with Crippen LogP contribution in [0.25, 0.3) is 0 Å². The van der Waals surface area contributed by atoms with E-state index in [1.807, 2.05) is 19.1 Å². The van der Waals surface area contributed by atoms with Crippen LogP contribution in [0.2, 0.25) is 0 Å². The minimum Gasteiger partial charge on any atom is -0.466 e. The summed E-state index contributed by atoms with van der Waals surface area (Å²) in [7, 11) is 0. The van der Waals surface area contributed by atoms with E-state index in [2.05, 4.69) is 5.32 Å². The maximum Gasteiger partial charge on any atom is 0.314 e. The van der Waals surface area contributed by atoms with E-state index in [1.54, 1.807) is 0 Å². The van der Waals surface area contributed by atoms with E-state index in [-0.39, 0.29) is 24.3 Å². The van der Waals surface area contributed by atoms with E-state index in [0.717, 1.165) is 6.54 Å². The van der Waals surface area contributed by atoms with Crippen molar-refractivity contribution in [3.8, 4) is 0 Å². The molecule has 70 valence electrons. The molecular weight excluding hydrogens is 178 g/mol. The lowest BCUT2D eigenvalue weighted by atomic mass is 10.1. The van der Waals surface area contributed by atoms with E-state index < -0.39 is 0 Å². The molecule has 4 heteroatoms. The summed E-state index contributed by atoms with van der Waals surface area (Å²) in [6.45, 7) is 3.84. The molecule has 1 N–H and O–H groups in total. The van der Waals surface area contributed by atoms with Crippen LogP contribution >= 0.6 is 12.4 Å². The van der Waals surface area contributed by atoms with Gasteiger partial charge in [-0.05, 0) is 6.92 Å². The van der Waals surface area contributed by atoms with E-state index in [9.17, 15) is 4.79 Å². The third-order valence-corrected chi connectivity index (χ3v) is 1.58. The van der Waals surface area contributed by atoms with Gasteiger partial charge in [-0.3, -0.25) is 4.79 Å². The number of carbonyl (C=O) groups is 1. The molecule has 0 aromatic carbocycles. The molecule has 3 nitrogen and oxygen atoms in total. The molecule has 1 aliphatic rings. The van der Waals surface area contributed by atoms with Gasteiger partial charge in [-0.15, -0.1) is 12.4 Å². The molecular formula is C8H14ClNO2. The minimum absolute atomic E-state index is 0. The number of esters is 1. The van der Waals surface area contributed by atoms with Crippen molar-refractivity contribution in [2.24, 2.45) is 5.92 Å². The molecule has 1 rings (SSSR count). The van der Waals surface area contributed by atoms with Crippen LogP contribution in [0.1, 0.15) is 6.92 Å². The predicted octanol–water partition coefficient (Wildman–Crippen LogP) is 0.747. The Morgan fingerprint density at radius 2 is 2.50 bits per heavy atom. The van der Waals surface area contributed by atoms with E-state index in [0.29, 0.717) is 13.2 Å². The van der Waals surface area contributed by atoms with Crippen LogP contribution in [-0.2, 0) is 9.53 Å². The molecule has 12 heavy (non-hydrogen) atoms. The van der Waals surface area contributed by atoms with Crippen LogP contribution in [0.15, 0.2) is 12.2 Å². The summed E-state index contributed by atoms with van der Waals surface area (Å²) in [6.07, 6.45) is 3.85. The van der Waals surface area contributed by atoms with Gasteiger partial charge in [0.2, 0.25) is 0 Å². The van der Waals surface area contributed by atoms with Crippen LogP contribution in [0.3, 0.4) is 0 Å². The third-order valence-electron chi connectivity index (χ3n) is 1.58. The van der Waals surface area contributed by atoms with E-state index in [4.69, 9.17) is 4.74 Å². The highest BCUT2D eigenvalue weighted by molar-refractivity contribution is 5.85. The van der Waals surface area contributed by atoms with Gasteiger partial charge < -0.3 is 10.1 Å². The Hall–Kier alpha value is -0.540. The molecule has 0 saturated heterocycles. The maximum absolute atomic E-state index is 11.1. The third kappa shape index (κ3) is 3.24. The first-order chi connectivity index (χ1) is 5.34. The van der Waals surface area contributed by atoms with Gasteiger partial charge in [0.05, 0.1) is 12.5 Å². The molecule has 0 saturated carbocycles. The maximum atomic E-state index is 11.1. The summed E-state index contributed by atoms with van der Waals surface area (Å²) in [6, 6.07) is 0. The van der Waals surface area contributed by atoms with Gasteiger partial charge >= 0.3 is 5.97 Å². The number of hydrogen-bond donors (Lipinski definition) is 1. The second-order valence-electron chi connectivity index (χ2n) is 2.44. The number of carbonyl (C=O) groups excluding carboxylic acids is 1. The van der Waals surface area contributed by atoms with E-state index in [1.165, 1.54) is 0 Å². The first-order valence-corrected chi connectivity index (χ1v) is 3.88. The largest absolute Gasteiger partial charge is 0.466 e. The van der Waals surface area contributed by atoms with Crippen LogP contribution < -0.4 is 5.32 Å². The average Bonchev–Trinajstić information content (AvgIpc) is 2.07. The quantitative estimate of drug-likeness (QED) is 0.517. The second-order valence-corrected chi connectivity index (χ2v) is 2.44. The number of hydrogen-bond acceptors (Lipinski definition) is 3. The fraction of sp³-hybridized carbons (Fsp3) is 0.625. The van der Waals surface area contributed by atoms with Crippen molar-refractivity contribution in [2.45, 2.75) is 6.92 Å². The molecule has 1 heterocycles. The fourth-order valence-electron chi connectivity index (χ4n) is 1.03. The summed E-state index contributed by atoms with van der Waals surface area (Å²) in [5.41, 5.74) is 0. The zero-order valence-corrected chi connectivity index (χ0v) is 7.89. The van der Waals surface area contributed by atoms with Gasteiger partial charge in [-0.2, -0.15) is 0 Å². The number of ether oxygens (including phenoxy) is 1. The van der Waals surface area contributed by atoms with Crippen molar-refractivity contribution in [1.29, 1.82) is 0 Å². The number of nitrogens with one attached hydrogen (secondary N) is 1. The monoisotopic (exact) mass is 191 g/mol. The Labute approximate surface area is 78.6 Å². The van der Waals surface area contributed by atoms with Crippen LogP contribution in [0.4, 0.5) is 0 Å². The lowest BCUT2D eigenvalue weighted by Gasteiger charge is -2.15. The predicted molar refractivity (Wildman–Crippen MR) is 49.4 cm³/mol. The molecule has 1 aliphatic heterocycles. The Balaban J connectivity index is 0.00000121. The normalized spacial score (nSPS) is 21.2.